The summed E-state index contributed by atoms with van der Waals surface area (Å²) >= 11 is 0. The fraction of sp³-hybridized carbons (Fsp3) is 0.314. The van der Waals surface area contributed by atoms with Crippen molar-refractivity contribution < 1.29 is 19.4 Å². The number of hydrogen-bond acceptors (Lipinski definition) is 6. The zero-order chi connectivity index (χ0) is 29.8. The van der Waals surface area contributed by atoms with Crippen molar-refractivity contribution in [2.24, 2.45) is 0 Å². The second-order valence-electron chi connectivity index (χ2n) is 12.3. The van der Waals surface area contributed by atoms with Crippen molar-refractivity contribution in [3.63, 3.8) is 0 Å². The van der Waals surface area contributed by atoms with Gasteiger partial charge >= 0.3 is 5.97 Å². The van der Waals surface area contributed by atoms with E-state index in [1.54, 1.807) is 6.33 Å². The third-order valence-electron chi connectivity index (χ3n) is 7.72. The molecule has 1 aliphatic rings. The molecule has 0 fully saturated rings. The molecule has 2 aromatic heterocycles. The van der Waals surface area contributed by atoms with Crippen molar-refractivity contribution in [3.05, 3.63) is 77.5 Å². The number of pyridine rings is 1. The summed E-state index contributed by atoms with van der Waals surface area (Å²) in [6.07, 6.45) is 5.93. The number of aliphatic carboxylic acids is 1. The molecule has 0 atom stereocenters. The van der Waals surface area contributed by atoms with Crippen LogP contribution in [0.15, 0.2) is 55.1 Å². The topological polar surface area (TPSA) is 94.4 Å². The van der Waals surface area contributed by atoms with Crippen LogP contribution in [0.2, 0.25) is 0 Å². The van der Waals surface area contributed by atoms with Gasteiger partial charge < -0.3 is 14.6 Å². The van der Waals surface area contributed by atoms with Crippen LogP contribution in [-0.2, 0) is 17.6 Å². The molecule has 0 bridgehead atoms. The van der Waals surface area contributed by atoms with E-state index in [9.17, 15) is 9.90 Å². The first kappa shape index (κ1) is 27.6. The van der Waals surface area contributed by atoms with E-state index in [0.29, 0.717) is 12.4 Å². The number of fused-ring (bicyclic) bond motifs is 1. The van der Waals surface area contributed by atoms with Gasteiger partial charge in [0.05, 0.1) is 29.8 Å². The number of nitrogens with zero attached hydrogens (tertiary/aromatic N) is 3. The number of aromatic nitrogens is 3. The number of ether oxygens (including phenoxy) is 2. The number of rotatable bonds is 6. The predicted octanol–water partition coefficient (Wildman–Crippen LogP) is 7.68. The van der Waals surface area contributed by atoms with Crippen molar-refractivity contribution in [2.45, 2.75) is 65.9 Å². The summed E-state index contributed by atoms with van der Waals surface area (Å²) < 4.78 is 12.7. The third-order valence-corrected chi connectivity index (χ3v) is 7.72. The van der Waals surface area contributed by atoms with Gasteiger partial charge in [0.25, 0.3) is 0 Å². The fourth-order valence-corrected chi connectivity index (χ4v) is 6.04. The summed E-state index contributed by atoms with van der Waals surface area (Å²) in [6.45, 7) is 12.8. The van der Waals surface area contributed by atoms with Crippen molar-refractivity contribution in [3.8, 4) is 33.8 Å². The van der Waals surface area contributed by atoms with Crippen LogP contribution in [-0.4, -0.2) is 38.2 Å². The number of hydrogen-bond donors (Lipinski definition) is 1. The van der Waals surface area contributed by atoms with Crippen LogP contribution in [0.3, 0.4) is 0 Å². The first-order chi connectivity index (χ1) is 20.0. The Morgan fingerprint density at radius 2 is 1.90 bits per heavy atom. The second-order valence-corrected chi connectivity index (χ2v) is 12.3. The van der Waals surface area contributed by atoms with Gasteiger partial charge in [0.2, 0.25) is 0 Å². The highest BCUT2D eigenvalue weighted by Gasteiger charge is 2.28. The number of carboxylic acid groups (broad SMARTS) is 1. The highest BCUT2D eigenvalue weighted by atomic mass is 16.5. The Balaban J connectivity index is 1.72. The van der Waals surface area contributed by atoms with E-state index in [0.717, 1.165) is 78.5 Å². The number of benzene rings is 3. The predicted molar refractivity (Wildman–Crippen MR) is 165 cm³/mol. The zero-order valence-corrected chi connectivity index (χ0v) is 24.9. The molecule has 5 aromatic rings. The summed E-state index contributed by atoms with van der Waals surface area (Å²) in [5.74, 6) is 0.706. The summed E-state index contributed by atoms with van der Waals surface area (Å²) in [5.41, 5.74) is 7.64. The zero-order valence-electron chi connectivity index (χ0n) is 24.9. The van der Waals surface area contributed by atoms with E-state index in [1.165, 1.54) is 0 Å². The lowest BCUT2D eigenvalue weighted by Crippen LogP contribution is -2.24. The van der Waals surface area contributed by atoms with Gasteiger partial charge in [0.1, 0.15) is 23.4 Å². The highest BCUT2D eigenvalue weighted by molar-refractivity contribution is 6.11. The molecule has 3 heterocycles. The number of carboxylic acids is 1. The maximum Gasteiger partial charge on any atom is 0.307 e. The smallest absolute Gasteiger partial charge is 0.307 e. The summed E-state index contributed by atoms with van der Waals surface area (Å²) in [4.78, 5) is 26.0. The highest BCUT2D eigenvalue weighted by Crippen LogP contribution is 2.49. The molecule has 0 spiro atoms. The van der Waals surface area contributed by atoms with E-state index in [4.69, 9.17) is 14.5 Å². The van der Waals surface area contributed by atoms with Crippen LogP contribution in [0.25, 0.3) is 43.9 Å². The monoisotopic (exact) mass is 561 g/mol. The lowest BCUT2D eigenvalue weighted by atomic mass is 9.85. The van der Waals surface area contributed by atoms with Crippen molar-refractivity contribution in [1.82, 2.24) is 15.0 Å². The molecule has 6 rings (SSSR count). The Bertz CT molecular complexity index is 1870. The number of carbonyl (C=O) groups is 1. The van der Waals surface area contributed by atoms with Gasteiger partial charge in [-0.25, -0.2) is 9.97 Å². The minimum atomic E-state index is -0.893. The molecule has 0 saturated heterocycles. The maximum atomic E-state index is 12.2. The molecule has 214 valence electrons. The Morgan fingerprint density at radius 3 is 2.64 bits per heavy atom. The lowest BCUT2D eigenvalue weighted by molar-refractivity contribution is -0.136. The Hall–Kier alpha value is -4.52. The molecule has 0 unspecified atom stereocenters. The minimum absolute atomic E-state index is 0.128. The van der Waals surface area contributed by atoms with Crippen LogP contribution >= 0.6 is 0 Å². The Morgan fingerprint density at radius 1 is 1.10 bits per heavy atom. The number of aryl methyl sites for hydroxylation is 1. The standard InChI is InChI=1S/C35H35N3O4/c1-19(2)33-26(17-36-18-38-33)22-7-8-24-23(14-22)13-20(3)25(15-29(39)40)31(24)32-28(42-35(4,5)6)16-27-30-21(10-12-41-27)9-11-37-34(30)32/h7-9,11,13-14,16-19H,10,12,15H2,1-6H3,(H,39,40). The minimum Gasteiger partial charge on any atom is -0.492 e. The Labute approximate surface area is 245 Å². The quantitative estimate of drug-likeness (QED) is 0.227. The van der Waals surface area contributed by atoms with E-state index < -0.39 is 11.6 Å². The average Bonchev–Trinajstić information content (AvgIpc) is 2.93. The lowest BCUT2D eigenvalue weighted by Gasteiger charge is -2.28. The van der Waals surface area contributed by atoms with Crippen molar-refractivity contribution in [2.75, 3.05) is 6.61 Å². The second kappa shape index (κ2) is 10.4. The molecule has 1 aliphatic heterocycles. The van der Waals surface area contributed by atoms with Crippen LogP contribution in [0.5, 0.6) is 11.5 Å². The van der Waals surface area contributed by atoms with Crippen LogP contribution in [0, 0.1) is 6.92 Å². The molecule has 1 N–H and O–H groups in total. The summed E-state index contributed by atoms with van der Waals surface area (Å²) in [5, 5.41) is 12.9. The van der Waals surface area contributed by atoms with Gasteiger partial charge in [-0.15, -0.1) is 0 Å². The molecule has 0 saturated carbocycles. The first-order valence-corrected chi connectivity index (χ1v) is 14.4. The van der Waals surface area contributed by atoms with Crippen molar-refractivity contribution >= 4 is 27.6 Å². The fourth-order valence-electron chi connectivity index (χ4n) is 6.04. The normalized spacial score (nSPS) is 13.0. The van der Waals surface area contributed by atoms with Gasteiger partial charge in [-0.2, -0.15) is 0 Å². The van der Waals surface area contributed by atoms with Gasteiger partial charge in [-0.1, -0.05) is 32.0 Å². The van der Waals surface area contributed by atoms with E-state index in [-0.39, 0.29) is 12.3 Å². The molecule has 42 heavy (non-hydrogen) atoms. The van der Waals surface area contributed by atoms with Crippen LogP contribution in [0.4, 0.5) is 0 Å². The van der Waals surface area contributed by atoms with Gasteiger partial charge in [-0.05, 0) is 84.3 Å². The third kappa shape index (κ3) is 4.93. The SMILES string of the molecule is Cc1cc2cc(-c3cncnc3C(C)C)ccc2c(-c2c(OC(C)(C)C)cc3c4c(ccnc24)CCO3)c1CC(=O)O. The maximum absolute atomic E-state index is 12.2. The van der Waals surface area contributed by atoms with Gasteiger partial charge in [0, 0.05) is 35.8 Å². The molecule has 0 aliphatic carbocycles. The van der Waals surface area contributed by atoms with Crippen LogP contribution < -0.4 is 9.47 Å². The summed E-state index contributed by atoms with van der Waals surface area (Å²) in [6, 6.07) is 12.4. The average molecular weight is 562 g/mol. The van der Waals surface area contributed by atoms with E-state index >= 15 is 0 Å². The molecular formula is C35H35N3O4. The molecule has 0 radical (unpaired) electrons. The molecule has 7 nitrogen and oxygen atoms in total. The summed E-state index contributed by atoms with van der Waals surface area (Å²) in [7, 11) is 0. The van der Waals surface area contributed by atoms with Crippen LogP contribution in [0.1, 0.15) is 62.9 Å². The molecule has 0 amide bonds. The largest absolute Gasteiger partial charge is 0.492 e. The van der Waals surface area contributed by atoms with Gasteiger partial charge in [0.15, 0.2) is 0 Å². The van der Waals surface area contributed by atoms with E-state index in [2.05, 4.69) is 48.1 Å². The molecule has 3 aromatic carbocycles. The molecule has 7 heteroatoms. The Kier molecular flexibility index (Phi) is 6.84. The molecular weight excluding hydrogens is 526 g/mol. The van der Waals surface area contributed by atoms with E-state index in [1.807, 2.05) is 52.2 Å². The van der Waals surface area contributed by atoms with Crippen molar-refractivity contribution in [1.29, 1.82) is 0 Å². The van der Waals surface area contributed by atoms with Gasteiger partial charge in [-0.3, -0.25) is 9.78 Å². The first-order valence-electron chi connectivity index (χ1n) is 14.4.